The van der Waals surface area contributed by atoms with E-state index in [0.29, 0.717) is 6.54 Å². The molecule has 2 N–H and O–H groups in total. The molecule has 0 spiro atoms. The van der Waals surface area contributed by atoms with E-state index < -0.39 is 0 Å². The van der Waals surface area contributed by atoms with Gasteiger partial charge in [-0.3, -0.25) is 4.79 Å². The van der Waals surface area contributed by atoms with E-state index in [1.54, 1.807) is 12.3 Å². The van der Waals surface area contributed by atoms with E-state index in [9.17, 15) is 4.79 Å². The first-order valence-corrected chi connectivity index (χ1v) is 7.09. The van der Waals surface area contributed by atoms with E-state index in [0.717, 1.165) is 11.4 Å². The summed E-state index contributed by atoms with van der Waals surface area (Å²) in [5.74, 6) is 0.688. The maximum atomic E-state index is 11.9. The predicted molar refractivity (Wildman–Crippen MR) is 84.2 cm³/mol. The van der Waals surface area contributed by atoms with Gasteiger partial charge >= 0.3 is 0 Å². The zero-order valence-electron chi connectivity index (χ0n) is 12.8. The highest BCUT2D eigenvalue weighted by molar-refractivity contribution is 5.81. The van der Waals surface area contributed by atoms with Crippen LogP contribution in [0.4, 0.5) is 5.69 Å². The maximum absolute atomic E-state index is 11.9. The number of rotatable bonds is 5. The lowest BCUT2D eigenvalue weighted by Gasteiger charge is -2.23. The smallest absolute Gasteiger partial charge is 0.239 e. The van der Waals surface area contributed by atoms with Crippen molar-refractivity contribution in [1.29, 1.82) is 0 Å². The van der Waals surface area contributed by atoms with Gasteiger partial charge < -0.3 is 15.1 Å². The minimum Gasteiger partial charge on any atom is -0.467 e. The van der Waals surface area contributed by atoms with Gasteiger partial charge in [-0.25, -0.2) is 0 Å². The van der Waals surface area contributed by atoms with Gasteiger partial charge in [-0.1, -0.05) is 39.0 Å². The van der Waals surface area contributed by atoms with Crippen LogP contribution in [0, 0.1) is 0 Å². The monoisotopic (exact) mass is 286 g/mol. The topological polar surface area (TPSA) is 54.3 Å². The standard InChI is InChI=1S/C17H22N2O2/c1-17(2,3)14-8-4-5-9-15(14)18-12-16(20)19-11-13-7-6-10-21-13/h4-10,18H,11-12H2,1-3H3,(H,19,20). The van der Waals surface area contributed by atoms with Crippen LogP contribution in [0.2, 0.25) is 0 Å². The summed E-state index contributed by atoms with van der Waals surface area (Å²) in [6.07, 6.45) is 1.60. The highest BCUT2D eigenvalue weighted by atomic mass is 16.3. The van der Waals surface area contributed by atoms with Gasteiger partial charge in [-0.2, -0.15) is 0 Å². The Labute approximate surface area is 125 Å². The Kier molecular flexibility index (Phi) is 4.68. The average Bonchev–Trinajstić information content (AvgIpc) is 2.95. The van der Waals surface area contributed by atoms with Gasteiger partial charge in [-0.15, -0.1) is 0 Å². The summed E-state index contributed by atoms with van der Waals surface area (Å²) in [7, 11) is 0. The molecule has 1 amide bonds. The third kappa shape index (κ3) is 4.38. The van der Waals surface area contributed by atoms with Gasteiger partial charge in [0.15, 0.2) is 0 Å². The SMILES string of the molecule is CC(C)(C)c1ccccc1NCC(=O)NCc1ccco1. The van der Waals surface area contributed by atoms with Crippen LogP contribution in [0.3, 0.4) is 0 Å². The van der Waals surface area contributed by atoms with Crippen molar-refractivity contribution in [2.75, 3.05) is 11.9 Å². The first-order chi connectivity index (χ1) is 9.97. The van der Waals surface area contributed by atoms with Crippen LogP contribution in [-0.4, -0.2) is 12.5 Å². The first-order valence-electron chi connectivity index (χ1n) is 7.09. The highest BCUT2D eigenvalue weighted by Crippen LogP contribution is 2.28. The van der Waals surface area contributed by atoms with Crippen LogP contribution in [0.5, 0.6) is 0 Å². The molecule has 0 aliphatic heterocycles. The molecule has 1 aromatic carbocycles. The Morgan fingerprint density at radius 3 is 2.57 bits per heavy atom. The van der Waals surface area contributed by atoms with Gasteiger partial charge in [-0.05, 0) is 29.2 Å². The molecule has 0 radical (unpaired) electrons. The Morgan fingerprint density at radius 2 is 1.90 bits per heavy atom. The number of furan rings is 1. The molecular weight excluding hydrogens is 264 g/mol. The first kappa shape index (κ1) is 15.2. The second kappa shape index (κ2) is 6.48. The van der Waals surface area contributed by atoms with E-state index >= 15 is 0 Å². The van der Waals surface area contributed by atoms with Gasteiger partial charge in [0.05, 0.1) is 19.4 Å². The Hall–Kier alpha value is -2.23. The van der Waals surface area contributed by atoms with E-state index in [2.05, 4.69) is 37.5 Å². The normalized spacial score (nSPS) is 11.2. The Bertz CT molecular complexity index is 583. The van der Waals surface area contributed by atoms with Crippen LogP contribution in [0.25, 0.3) is 0 Å². The summed E-state index contributed by atoms with van der Waals surface area (Å²) in [5, 5.41) is 6.03. The number of benzene rings is 1. The van der Waals surface area contributed by atoms with Crippen molar-refractivity contribution in [3.05, 3.63) is 54.0 Å². The van der Waals surface area contributed by atoms with Gasteiger partial charge in [0.2, 0.25) is 5.91 Å². The van der Waals surface area contributed by atoms with Crippen molar-refractivity contribution in [3.63, 3.8) is 0 Å². The fourth-order valence-corrected chi connectivity index (χ4v) is 2.13. The molecule has 112 valence electrons. The number of amides is 1. The molecule has 1 heterocycles. The fourth-order valence-electron chi connectivity index (χ4n) is 2.13. The van der Waals surface area contributed by atoms with Crippen molar-refractivity contribution in [1.82, 2.24) is 5.32 Å². The van der Waals surface area contributed by atoms with Gasteiger partial charge in [0.25, 0.3) is 0 Å². The molecule has 0 fully saturated rings. The molecule has 0 saturated heterocycles. The fraction of sp³-hybridized carbons (Fsp3) is 0.353. The lowest BCUT2D eigenvalue weighted by Crippen LogP contribution is -2.30. The van der Waals surface area contributed by atoms with Crippen molar-refractivity contribution in [3.8, 4) is 0 Å². The van der Waals surface area contributed by atoms with E-state index in [-0.39, 0.29) is 17.9 Å². The van der Waals surface area contributed by atoms with Crippen LogP contribution in [-0.2, 0) is 16.8 Å². The summed E-state index contributed by atoms with van der Waals surface area (Å²) in [6, 6.07) is 11.7. The molecular formula is C17H22N2O2. The summed E-state index contributed by atoms with van der Waals surface area (Å²) >= 11 is 0. The van der Waals surface area contributed by atoms with Crippen molar-refractivity contribution in [2.45, 2.75) is 32.7 Å². The zero-order chi connectivity index (χ0) is 15.3. The third-order valence-corrected chi connectivity index (χ3v) is 3.21. The van der Waals surface area contributed by atoms with E-state index in [4.69, 9.17) is 4.42 Å². The van der Waals surface area contributed by atoms with E-state index in [1.807, 2.05) is 24.3 Å². The van der Waals surface area contributed by atoms with Crippen LogP contribution < -0.4 is 10.6 Å². The molecule has 2 rings (SSSR count). The number of nitrogens with one attached hydrogen (secondary N) is 2. The number of hydrogen-bond acceptors (Lipinski definition) is 3. The molecule has 1 aromatic heterocycles. The highest BCUT2D eigenvalue weighted by Gasteiger charge is 2.17. The maximum Gasteiger partial charge on any atom is 0.239 e. The third-order valence-electron chi connectivity index (χ3n) is 3.21. The van der Waals surface area contributed by atoms with Gasteiger partial charge in [0.1, 0.15) is 5.76 Å². The summed E-state index contributed by atoms with van der Waals surface area (Å²) in [5.41, 5.74) is 2.23. The Morgan fingerprint density at radius 1 is 1.14 bits per heavy atom. The van der Waals surface area contributed by atoms with Crippen molar-refractivity contribution < 1.29 is 9.21 Å². The largest absolute Gasteiger partial charge is 0.467 e. The summed E-state index contributed by atoms with van der Waals surface area (Å²) in [6.45, 7) is 7.13. The molecule has 2 aromatic rings. The lowest BCUT2D eigenvalue weighted by molar-refractivity contribution is -0.119. The molecule has 0 bridgehead atoms. The van der Waals surface area contributed by atoms with Crippen molar-refractivity contribution in [2.24, 2.45) is 0 Å². The quantitative estimate of drug-likeness (QED) is 0.886. The van der Waals surface area contributed by atoms with Crippen LogP contribution in [0.1, 0.15) is 32.1 Å². The molecule has 0 atom stereocenters. The molecule has 0 saturated carbocycles. The predicted octanol–water partition coefficient (Wildman–Crippen LogP) is 3.31. The molecule has 4 heteroatoms. The lowest BCUT2D eigenvalue weighted by atomic mass is 9.86. The number of carbonyl (C=O) groups excluding carboxylic acids is 1. The molecule has 0 aliphatic carbocycles. The van der Waals surface area contributed by atoms with E-state index in [1.165, 1.54) is 5.56 Å². The van der Waals surface area contributed by atoms with Crippen molar-refractivity contribution >= 4 is 11.6 Å². The second-order valence-corrected chi connectivity index (χ2v) is 6.01. The summed E-state index contributed by atoms with van der Waals surface area (Å²) in [4.78, 5) is 11.9. The number of hydrogen-bond donors (Lipinski definition) is 2. The number of anilines is 1. The summed E-state index contributed by atoms with van der Waals surface area (Å²) < 4.78 is 5.18. The Balaban J connectivity index is 1.89. The van der Waals surface area contributed by atoms with Crippen LogP contribution >= 0.6 is 0 Å². The molecule has 4 nitrogen and oxygen atoms in total. The van der Waals surface area contributed by atoms with Gasteiger partial charge in [0, 0.05) is 5.69 Å². The number of para-hydroxylation sites is 1. The van der Waals surface area contributed by atoms with Crippen LogP contribution in [0.15, 0.2) is 47.1 Å². The minimum absolute atomic E-state index is 0.0360. The molecule has 21 heavy (non-hydrogen) atoms. The second-order valence-electron chi connectivity index (χ2n) is 6.01. The molecule has 0 aliphatic rings. The zero-order valence-corrected chi connectivity index (χ0v) is 12.8. The average molecular weight is 286 g/mol. The number of carbonyl (C=O) groups is 1. The minimum atomic E-state index is -0.0601. The molecule has 0 unspecified atom stereocenters.